The number of rotatable bonds is 1. The molecule has 3 atom stereocenters. The highest BCUT2D eigenvalue weighted by Crippen LogP contribution is 2.31. The molecule has 3 heteroatoms. The molecular weight excluding hydrogens is 166 g/mol. The highest BCUT2D eigenvalue weighted by molar-refractivity contribution is 4.94. The minimum absolute atomic E-state index is 0.281. The lowest BCUT2D eigenvalue weighted by Crippen LogP contribution is -2.51. The van der Waals surface area contributed by atoms with Crippen LogP contribution in [0.3, 0.4) is 0 Å². The summed E-state index contributed by atoms with van der Waals surface area (Å²) < 4.78 is 5.43. The molecule has 2 heterocycles. The van der Waals surface area contributed by atoms with E-state index in [9.17, 15) is 5.11 Å². The average Bonchev–Trinajstić information content (AvgIpc) is 2.55. The molecule has 0 aromatic carbocycles. The average molecular weight is 185 g/mol. The van der Waals surface area contributed by atoms with Crippen LogP contribution in [0.4, 0.5) is 0 Å². The van der Waals surface area contributed by atoms with Gasteiger partial charge in [0.15, 0.2) is 0 Å². The lowest BCUT2D eigenvalue weighted by atomic mass is 9.80. The Hall–Kier alpha value is -0.120. The molecule has 13 heavy (non-hydrogen) atoms. The second kappa shape index (κ2) is 3.56. The van der Waals surface area contributed by atoms with Crippen molar-refractivity contribution < 1.29 is 9.84 Å². The molecule has 0 aromatic heterocycles. The Kier molecular flexibility index (Phi) is 2.58. The van der Waals surface area contributed by atoms with Gasteiger partial charge in [-0.25, -0.2) is 0 Å². The van der Waals surface area contributed by atoms with Crippen LogP contribution >= 0.6 is 0 Å². The number of ether oxygens (including phenoxy) is 1. The Morgan fingerprint density at radius 3 is 3.00 bits per heavy atom. The monoisotopic (exact) mass is 185 g/mol. The maximum absolute atomic E-state index is 10.2. The molecule has 0 spiro atoms. The Morgan fingerprint density at radius 1 is 1.54 bits per heavy atom. The van der Waals surface area contributed by atoms with Gasteiger partial charge in [0.05, 0.1) is 12.2 Å². The summed E-state index contributed by atoms with van der Waals surface area (Å²) in [6.45, 7) is 4.46. The first-order valence-corrected chi connectivity index (χ1v) is 5.24. The molecule has 0 bridgehead atoms. The van der Waals surface area contributed by atoms with Crippen molar-refractivity contribution in [3.63, 3.8) is 0 Å². The minimum Gasteiger partial charge on any atom is -0.390 e. The second-order valence-electron chi connectivity index (χ2n) is 4.49. The lowest BCUT2D eigenvalue weighted by Gasteiger charge is -2.40. The molecule has 2 aliphatic rings. The summed E-state index contributed by atoms with van der Waals surface area (Å²) in [4.78, 5) is 0. The van der Waals surface area contributed by atoms with E-state index in [1.54, 1.807) is 0 Å². The topological polar surface area (TPSA) is 41.5 Å². The van der Waals surface area contributed by atoms with Gasteiger partial charge >= 0.3 is 0 Å². The van der Waals surface area contributed by atoms with Crippen molar-refractivity contribution in [3.8, 4) is 0 Å². The maximum Gasteiger partial charge on any atom is 0.0706 e. The summed E-state index contributed by atoms with van der Waals surface area (Å²) in [6, 6.07) is 0.468. The van der Waals surface area contributed by atoms with Gasteiger partial charge in [-0.1, -0.05) is 0 Å². The quantitative estimate of drug-likeness (QED) is 0.626. The largest absolute Gasteiger partial charge is 0.390 e. The van der Waals surface area contributed by atoms with Crippen molar-refractivity contribution in [2.45, 2.75) is 37.8 Å². The Balaban J connectivity index is 2.02. The first-order valence-electron chi connectivity index (χ1n) is 5.24. The summed E-state index contributed by atoms with van der Waals surface area (Å²) in [5, 5.41) is 13.6. The molecule has 0 unspecified atom stereocenters. The van der Waals surface area contributed by atoms with Crippen molar-refractivity contribution in [3.05, 3.63) is 0 Å². The Labute approximate surface area is 79.5 Å². The zero-order valence-corrected chi connectivity index (χ0v) is 8.25. The number of hydrogen-bond acceptors (Lipinski definition) is 3. The third kappa shape index (κ3) is 1.87. The molecule has 76 valence electrons. The van der Waals surface area contributed by atoms with Crippen LogP contribution in [0.5, 0.6) is 0 Å². The molecule has 2 rings (SSSR count). The summed E-state index contributed by atoms with van der Waals surface area (Å²) >= 11 is 0. The van der Waals surface area contributed by atoms with Crippen LogP contribution in [0.1, 0.15) is 26.2 Å². The van der Waals surface area contributed by atoms with Crippen LogP contribution in [0.25, 0.3) is 0 Å². The molecule has 0 saturated carbocycles. The second-order valence-corrected chi connectivity index (χ2v) is 4.49. The van der Waals surface area contributed by atoms with Crippen molar-refractivity contribution in [2.24, 2.45) is 5.92 Å². The van der Waals surface area contributed by atoms with Crippen LogP contribution in [0.15, 0.2) is 0 Å². The molecule has 2 aliphatic heterocycles. The fourth-order valence-corrected chi connectivity index (χ4v) is 2.46. The van der Waals surface area contributed by atoms with Gasteiger partial charge in [0, 0.05) is 18.6 Å². The number of nitrogens with one attached hydrogen (secondary N) is 1. The van der Waals surface area contributed by atoms with Crippen LogP contribution in [-0.4, -0.2) is 36.5 Å². The fraction of sp³-hybridized carbons (Fsp3) is 1.00. The molecule has 2 saturated heterocycles. The van der Waals surface area contributed by atoms with Gasteiger partial charge in [0.1, 0.15) is 0 Å². The minimum atomic E-state index is -0.528. The van der Waals surface area contributed by atoms with Crippen LogP contribution in [-0.2, 0) is 4.74 Å². The van der Waals surface area contributed by atoms with Gasteiger partial charge in [-0.05, 0) is 32.7 Å². The zero-order valence-electron chi connectivity index (χ0n) is 8.25. The predicted octanol–water partition coefficient (Wildman–Crippen LogP) is 0.526. The van der Waals surface area contributed by atoms with Crippen LogP contribution in [0.2, 0.25) is 0 Å². The van der Waals surface area contributed by atoms with Gasteiger partial charge in [-0.15, -0.1) is 0 Å². The molecule has 0 radical (unpaired) electrons. The first kappa shape index (κ1) is 9.44. The lowest BCUT2D eigenvalue weighted by molar-refractivity contribution is -0.110. The molecule has 0 amide bonds. The van der Waals surface area contributed by atoms with Crippen molar-refractivity contribution in [2.75, 3.05) is 19.8 Å². The van der Waals surface area contributed by atoms with Gasteiger partial charge < -0.3 is 15.2 Å². The van der Waals surface area contributed by atoms with Crippen LogP contribution in [0, 0.1) is 5.92 Å². The van der Waals surface area contributed by atoms with Gasteiger partial charge in [-0.2, -0.15) is 0 Å². The summed E-state index contributed by atoms with van der Waals surface area (Å²) in [6.07, 6.45) is 3.19. The van der Waals surface area contributed by atoms with E-state index >= 15 is 0 Å². The Bertz CT molecular complexity index is 176. The molecule has 2 N–H and O–H groups in total. The standard InChI is InChI=1S/C10H19NO2/c1-10(12)4-6-13-7-8(10)9-3-2-5-11-9/h8-9,11-12H,2-7H2,1H3/t8-,9-,10-/m0/s1. The highest BCUT2D eigenvalue weighted by Gasteiger charge is 2.40. The maximum atomic E-state index is 10.2. The SMILES string of the molecule is C[C@]1(O)CCOC[C@H]1[C@@H]1CCCN1. The highest BCUT2D eigenvalue weighted by atomic mass is 16.5. The predicted molar refractivity (Wildman–Crippen MR) is 50.6 cm³/mol. The van der Waals surface area contributed by atoms with Gasteiger partial charge in [0.2, 0.25) is 0 Å². The summed E-state index contributed by atoms with van der Waals surface area (Å²) in [5.74, 6) is 0.281. The summed E-state index contributed by atoms with van der Waals surface area (Å²) in [7, 11) is 0. The van der Waals surface area contributed by atoms with Crippen molar-refractivity contribution >= 4 is 0 Å². The molecule has 3 nitrogen and oxygen atoms in total. The van der Waals surface area contributed by atoms with Gasteiger partial charge in [-0.3, -0.25) is 0 Å². The smallest absolute Gasteiger partial charge is 0.0706 e. The third-order valence-corrected chi connectivity index (χ3v) is 3.43. The van der Waals surface area contributed by atoms with E-state index in [1.807, 2.05) is 6.92 Å². The van der Waals surface area contributed by atoms with E-state index in [0.717, 1.165) is 13.0 Å². The zero-order chi connectivity index (χ0) is 9.31. The van der Waals surface area contributed by atoms with E-state index in [4.69, 9.17) is 4.74 Å². The van der Waals surface area contributed by atoms with Gasteiger partial charge in [0.25, 0.3) is 0 Å². The molecule has 2 fully saturated rings. The van der Waals surface area contributed by atoms with E-state index in [0.29, 0.717) is 19.3 Å². The first-order chi connectivity index (χ1) is 6.20. The molecule has 0 aromatic rings. The Morgan fingerprint density at radius 2 is 2.38 bits per heavy atom. The fourth-order valence-electron chi connectivity index (χ4n) is 2.46. The van der Waals surface area contributed by atoms with E-state index in [1.165, 1.54) is 12.8 Å². The third-order valence-electron chi connectivity index (χ3n) is 3.43. The van der Waals surface area contributed by atoms with E-state index in [2.05, 4.69) is 5.32 Å². The van der Waals surface area contributed by atoms with Crippen molar-refractivity contribution in [1.29, 1.82) is 0 Å². The number of aliphatic hydroxyl groups is 1. The normalized spacial score (nSPS) is 46.6. The molecular formula is C10H19NO2. The van der Waals surface area contributed by atoms with Crippen LogP contribution < -0.4 is 5.32 Å². The summed E-state index contributed by atoms with van der Waals surface area (Å²) in [5.41, 5.74) is -0.528. The van der Waals surface area contributed by atoms with E-state index < -0.39 is 5.60 Å². The molecule has 0 aliphatic carbocycles. The van der Waals surface area contributed by atoms with E-state index in [-0.39, 0.29) is 5.92 Å². The number of hydrogen-bond donors (Lipinski definition) is 2. The van der Waals surface area contributed by atoms with Crippen molar-refractivity contribution in [1.82, 2.24) is 5.32 Å².